The second-order valence-corrected chi connectivity index (χ2v) is 9.67. The third-order valence-electron chi connectivity index (χ3n) is 7.31. The SMILES string of the molecule is COC(=O)C1=COC(OC2OC(CO)C(O)C(O)C2O)C2C(C)C(OC(C)=O)C(OC(=O)c3ccccc3)C12. The molecule has 13 nitrogen and oxygen atoms in total. The standard InChI is InChI=1S/C26H32O13/c1-11-16-17(22(21(11)36-12(2)28)38-23(32)13-7-5-4-6-8-13)14(24(33)34-3)10-35-25(16)39-26-20(31)19(30)18(29)15(9-27)37-26/h4-8,10-11,15-22,25-27,29-31H,9H2,1-3H3. The van der Waals surface area contributed by atoms with Crippen LogP contribution in [0.5, 0.6) is 0 Å². The normalized spacial score (nSPS) is 37.6. The highest BCUT2D eigenvalue weighted by molar-refractivity contribution is 5.91. The zero-order chi connectivity index (χ0) is 28.4. The fourth-order valence-corrected chi connectivity index (χ4v) is 5.39. The topological polar surface area (TPSA) is 188 Å². The molecule has 0 spiro atoms. The molecule has 2 aliphatic heterocycles. The molecule has 0 aromatic heterocycles. The molecule has 214 valence electrons. The van der Waals surface area contributed by atoms with Crippen LogP contribution in [-0.2, 0) is 38.0 Å². The Hall–Kier alpha value is -3.07. The van der Waals surface area contributed by atoms with Gasteiger partial charge < -0.3 is 48.8 Å². The minimum atomic E-state index is -1.72. The van der Waals surface area contributed by atoms with Crippen LogP contribution in [0.3, 0.4) is 0 Å². The number of aliphatic hydroxyl groups is 4. The Labute approximate surface area is 223 Å². The van der Waals surface area contributed by atoms with Gasteiger partial charge in [0, 0.05) is 24.7 Å². The van der Waals surface area contributed by atoms with E-state index in [4.69, 9.17) is 28.4 Å². The molecule has 2 fully saturated rings. The monoisotopic (exact) mass is 552 g/mol. The van der Waals surface area contributed by atoms with Crippen molar-refractivity contribution in [2.45, 2.75) is 63.1 Å². The highest BCUT2D eigenvalue weighted by Crippen LogP contribution is 2.50. The highest BCUT2D eigenvalue weighted by atomic mass is 16.8. The summed E-state index contributed by atoms with van der Waals surface area (Å²) in [5.41, 5.74) is 0.239. The van der Waals surface area contributed by atoms with Crippen molar-refractivity contribution in [3.05, 3.63) is 47.7 Å². The summed E-state index contributed by atoms with van der Waals surface area (Å²) in [5.74, 6) is -4.51. The Morgan fingerprint density at radius 2 is 1.62 bits per heavy atom. The summed E-state index contributed by atoms with van der Waals surface area (Å²) >= 11 is 0. The summed E-state index contributed by atoms with van der Waals surface area (Å²) < 4.78 is 33.4. The zero-order valence-electron chi connectivity index (χ0n) is 21.5. The highest BCUT2D eigenvalue weighted by Gasteiger charge is 2.61. The van der Waals surface area contributed by atoms with Crippen molar-refractivity contribution in [2.24, 2.45) is 17.8 Å². The predicted octanol–water partition coefficient (Wildman–Crippen LogP) is -0.744. The number of carbonyl (C=O) groups is 3. The molecule has 1 aliphatic carbocycles. The number of hydrogen-bond donors (Lipinski definition) is 4. The molecular weight excluding hydrogens is 520 g/mol. The first-order valence-corrected chi connectivity index (χ1v) is 12.4. The van der Waals surface area contributed by atoms with E-state index in [1.54, 1.807) is 37.3 Å². The lowest BCUT2D eigenvalue weighted by atomic mass is 9.82. The quantitative estimate of drug-likeness (QED) is 0.245. The maximum Gasteiger partial charge on any atom is 0.338 e. The van der Waals surface area contributed by atoms with Gasteiger partial charge in [0.25, 0.3) is 0 Å². The molecule has 1 aromatic carbocycles. The first-order chi connectivity index (χ1) is 18.6. The minimum Gasteiger partial charge on any atom is -0.472 e. The molecule has 39 heavy (non-hydrogen) atoms. The van der Waals surface area contributed by atoms with Gasteiger partial charge in [0.05, 0.1) is 31.1 Å². The van der Waals surface area contributed by atoms with Gasteiger partial charge in [0.15, 0.2) is 6.29 Å². The first kappa shape index (κ1) is 28.9. The van der Waals surface area contributed by atoms with Crippen LogP contribution in [0.4, 0.5) is 0 Å². The van der Waals surface area contributed by atoms with Crippen LogP contribution in [0, 0.1) is 17.8 Å². The van der Waals surface area contributed by atoms with Crippen molar-refractivity contribution < 1.29 is 63.2 Å². The third kappa shape index (κ3) is 5.64. The van der Waals surface area contributed by atoms with E-state index in [-0.39, 0.29) is 11.1 Å². The lowest BCUT2D eigenvalue weighted by Gasteiger charge is -2.43. The van der Waals surface area contributed by atoms with E-state index in [0.29, 0.717) is 0 Å². The number of hydrogen-bond acceptors (Lipinski definition) is 13. The maximum atomic E-state index is 13.0. The second-order valence-electron chi connectivity index (χ2n) is 9.67. The summed E-state index contributed by atoms with van der Waals surface area (Å²) in [4.78, 5) is 37.8. The Bertz CT molecular complexity index is 1070. The Balaban J connectivity index is 1.69. The fraction of sp³-hybridized carbons (Fsp3) is 0.577. The van der Waals surface area contributed by atoms with Gasteiger partial charge in [-0.05, 0) is 12.1 Å². The Kier molecular flexibility index (Phi) is 8.89. The number of carbonyl (C=O) groups excluding carboxylic acids is 3. The summed E-state index contributed by atoms with van der Waals surface area (Å²) in [7, 11) is 1.17. The van der Waals surface area contributed by atoms with Crippen molar-refractivity contribution in [3.8, 4) is 0 Å². The number of ether oxygens (including phenoxy) is 6. The van der Waals surface area contributed by atoms with Crippen LogP contribution < -0.4 is 0 Å². The van der Waals surface area contributed by atoms with Gasteiger partial charge in [-0.2, -0.15) is 0 Å². The average molecular weight is 553 g/mol. The van der Waals surface area contributed by atoms with E-state index >= 15 is 0 Å². The Morgan fingerprint density at radius 3 is 2.23 bits per heavy atom. The Morgan fingerprint density at radius 1 is 0.923 bits per heavy atom. The molecular formula is C26H32O13. The van der Waals surface area contributed by atoms with Crippen molar-refractivity contribution in [2.75, 3.05) is 13.7 Å². The largest absolute Gasteiger partial charge is 0.472 e. The molecule has 11 atom stereocenters. The van der Waals surface area contributed by atoms with E-state index in [0.717, 1.165) is 6.26 Å². The smallest absolute Gasteiger partial charge is 0.338 e. The van der Waals surface area contributed by atoms with Gasteiger partial charge in [-0.1, -0.05) is 25.1 Å². The molecule has 1 aromatic rings. The van der Waals surface area contributed by atoms with E-state index in [9.17, 15) is 34.8 Å². The molecule has 2 heterocycles. The van der Waals surface area contributed by atoms with Gasteiger partial charge in [-0.3, -0.25) is 4.79 Å². The number of methoxy groups -OCH3 is 1. The number of esters is 3. The van der Waals surface area contributed by atoms with Gasteiger partial charge in [-0.25, -0.2) is 9.59 Å². The molecule has 0 radical (unpaired) electrons. The molecule has 4 N–H and O–H groups in total. The molecule has 11 unspecified atom stereocenters. The molecule has 0 amide bonds. The number of aliphatic hydroxyl groups excluding tert-OH is 4. The van der Waals surface area contributed by atoms with Crippen molar-refractivity contribution >= 4 is 17.9 Å². The number of fused-ring (bicyclic) bond motifs is 1. The predicted molar refractivity (Wildman–Crippen MR) is 127 cm³/mol. The van der Waals surface area contributed by atoms with Crippen LogP contribution in [-0.4, -0.2) is 101 Å². The third-order valence-corrected chi connectivity index (χ3v) is 7.31. The second kappa shape index (κ2) is 12.0. The molecule has 3 aliphatic rings. The molecule has 4 rings (SSSR count). The van der Waals surface area contributed by atoms with Crippen LogP contribution in [0.2, 0.25) is 0 Å². The van der Waals surface area contributed by atoms with Crippen molar-refractivity contribution in [1.29, 1.82) is 0 Å². The number of rotatable bonds is 7. The van der Waals surface area contributed by atoms with Gasteiger partial charge in [0.1, 0.15) is 36.6 Å². The summed E-state index contributed by atoms with van der Waals surface area (Å²) in [6.45, 7) is 2.21. The first-order valence-electron chi connectivity index (χ1n) is 12.4. The summed E-state index contributed by atoms with van der Waals surface area (Å²) in [5, 5.41) is 40.3. The van der Waals surface area contributed by atoms with Crippen LogP contribution in [0.15, 0.2) is 42.2 Å². The minimum absolute atomic E-state index is 0.00326. The molecule has 0 bridgehead atoms. The lowest BCUT2D eigenvalue weighted by molar-refractivity contribution is -0.343. The van der Waals surface area contributed by atoms with Gasteiger partial charge in [0.2, 0.25) is 6.29 Å². The van der Waals surface area contributed by atoms with E-state index in [2.05, 4.69) is 0 Å². The lowest BCUT2D eigenvalue weighted by Crippen LogP contribution is -2.60. The van der Waals surface area contributed by atoms with E-state index < -0.39 is 91.5 Å². The van der Waals surface area contributed by atoms with Crippen molar-refractivity contribution in [1.82, 2.24) is 0 Å². The molecule has 1 saturated heterocycles. The van der Waals surface area contributed by atoms with Gasteiger partial charge >= 0.3 is 17.9 Å². The molecule has 13 heteroatoms. The average Bonchev–Trinajstić information content (AvgIpc) is 3.19. The maximum absolute atomic E-state index is 13.0. The summed E-state index contributed by atoms with van der Waals surface area (Å²) in [6, 6.07) is 8.12. The van der Waals surface area contributed by atoms with Gasteiger partial charge in [-0.15, -0.1) is 0 Å². The zero-order valence-corrected chi connectivity index (χ0v) is 21.5. The summed E-state index contributed by atoms with van der Waals surface area (Å²) in [6.07, 6.45) is -10.2. The van der Waals surface area contributed by atoms with Crippen molar-refractivity contribution in [3.63, 3.8) is 0 Å². The van der Waals surface area contributed by atoms with Crippen LogP contribution >= 0.6 is 0 Å². The number of benzene rings is 1. The molecule has 1 saturated carbocycles. The van der Waals surface area contributed by atoms with E-state index in [1.165, 1.54) is 14.0 Å². The van der Waals surface area contributed by atoms with Crippen LogP contribution in [0.25, 0.3) is 0 Å². The van der Waals surface area contributed by atoms with Crippen LogP contribution in [0.1, 0.15) is 24.2 Å². The van der Waals surface area contributed by atoms with E-state index in [1.807, 2.05) is 0 Å². The fourth-order valence-electron chi connectivity index (χ4n) is 5.39.